The summed E-state index contributed by atoms with van der Waals surface area (Å²) >= 11 is 0. The number of hydrogen-bond donors (Lipinski definition) is 1. The summed E-state index contributed by atoms with van der Waals surface area (Å²) in [6.07, 6.45) is 38.4. The molecule has 49 heavy (non-hydrogen) atoms. The molecule has 6 heteroatoms. The van der Waals surface area contributed by atoms with E-state index >= 15 is 0 Å². The Kier molecular flexibility index (Phi) is 32.6. The van der Waals surface area contributed by atoms with Crippen LogP contribution in [-0.2, 0) is 13.6 Å². The van der Waals surface area contributed by atoms with E-state index in [1.165, 1.54) is 186 Å². The fraction of sp³-hybridized carbons (Fsp3) is 1.00. The number of hydrogen-bond acceptors (Lipinski definition) is 5. The molecule has 1 rings (SSSR count). The monoisotopic (exact) mass is 714 g/mol. The Hall–Kier alpha value is 0.0700. The van der Waals surface area contributed by atoms with Crippen LogP contribution in [0.15, 0.2) is 0 Å². The Balaban J connectivity index is 2.93. The maximum Gasteiger partial charge on any atom is 0.330 e. The lowest BCUT2D eigenvalue weighted by molar-refractivity contribution is 0.121. The second-order valence-electron chi connectivity index (χ2n) is 15.9. The maximum absolute atomic E-state index is 14.7. The lowest BCUT2D eigenvalue weighted by atomic mass is 9.94. The third-order valence-electron chi connectivity index (χ3n) is 11.2. The summed E-state index contributed by atoms with van der Waals surface area (Å²) in [7, 11) is -3.23. The first-order valence-electron chi connectivity index (χ1n) is 22.2. The molecule has 0 spiro atoms. The molecule has 0 aromatic carbocycles. The smallest absolute Gasteiger partial charge is 0.330 e. The molecule has 1 aliphatic carbocycles. The van der Waals surface area contributed by atoms with Gasteiger partial charge in [0.2, 0.25) is 0 Å². The summed E-state index contributed by atoms with van der Waals surface area (Å²) in [6.45, 7) is 12.1. The van der Waals surface area contributed by atoms with Gasteiger partial charge in [0.25, 0.3) is 0 Å². The van der Waals surface area contributed by atoms with Crippen molar-refractivity contribution in [2.45, 2.75) is 226 Å². The Morgan fingerprint density at radius 1 is 0.551 bits per heavy atom. The van der Waals surface area contributed by atoms with Crippen LogP contribution < -0.4 is 0 Å². The highest BCUT2D eigenvalue weighted by molar-refractivity contribution is 7.53. The number of nitrogens with zero attached hydrogens (tertiary/aromatic N) is 1. The van der Waals surface area contributed by atoms with Crippen LogP contribution in [0.1, 0.15) is 220 Å². The minimum Gasteiger partial charge on any atom is -0.395 e. The second kappa shape index (κ2) is 33.9. The van der Waals surface area contributed by atoms with Crippen molar-refractivity contribution in [3.05, 3.63) is 0 Å². The molecule has 0 amide bonds. The van der Waals surface area contributed by atoms with Gasteiger partial charge in [0.15, 0.2) is 0 Å². The molecule has 0 heterocycles. The number of aliphatic hydroxyl groups is 1. The highest BCUT2D eigenvalue weighted by Crippen LogP contribution is 2.50. The fourth-order valence-electron chi connectivity index (χ4n) is 7.89. The summed E-state index contributed by atoms with van der Waals surface area (Å²) in [4.78, 5) is 2.47. The van der Waals surface area contributed by atoms with Crippen LogP contribution in [0.2, 0.25) is 0 Å². The maximum atomic E-state index is 14.7. The van der Waals surface area contributed by atoms with E-state index in [2.05, 4.69) is 32.6 Å². The largest absolute Gasteiger partial charge is 0.395 e. The van der Waals surface area contributed by atoms with E-state index in [0.29, 0.717) is 43.8 Å². The van der Waals surface area contributed by atoms with Crippen molar-refractivity contribution in [3.8, 4) is 0 Å². The van der Waals surface area contributed by atoms with E-state index in [9.17, 15) is 9.67 Å². The molecule has 0 radical (unpaired) electrons. The fourth-order valence-corrected chi connectivity index (χ4v) is 9.63. The summed E-state index contributed by atoms with van der Waals surface area (Å²) in [5.41, 5.74) is 0. The molecule has 1 fully saturated rings. The quantitative estimate of drug-likeness (QED) is 0.0513. The molecule has 0 bridgehead atoms. The standard InChI is InChI=1S/C43H88NO4P/c1-5-9-13-17-19-24-31-41(29-22-15-11-7-3)39-47-49(46,38-28-35-44(36-37-45)43-33-26-21-27-34-43)48-40-42(30-23-16-12-8-4)32-25-20-18-14-10-6-2/h41-43,45H,5-40H2,1-4H3. The van der Waals surface area contributed by atoms with Crippen molar-refractivity contribution >= 4 is 7.60 Å². The highest BCUT2D eigenvalue weighted by atomic mass is 31.2. The predicted molar refractivity (Wildman–Crippen MR) is 215 cm³/mol. The van der Waals surface area contributed by atoms with E-state index in [1.54, 1.807) is 0 Å². The van der Waals surface area contributed by atoms with Crippen LogP contribution >= 0.6 is 7.60 Å². The Morgan fingerprint density at radius 3 is 1.35 bits per heavy atom. The number of unbranched alkanes of at least 4 members (excludes halogenated alkanes) is 16. The van der Waals surface area contributed by atoms with Gasteiger partial charge in [-0.05, 0) is 63.3 Å². The average molecular weight is 714 g/mol. The van der Waals surface area contributed by atoms with Crippen LogP contribution in [0, 0.1) is 11.8 Å². The lowest BCUT2D eigenvalue weighted by Gasteiger charge is -2.34. The van der Waals surface area contributed by atoms with Crippen molar-refractivity contribution in [1.82, 2.24) is 4.90 Å². The summed E-state index contributed by atoms with van der Waals surface area (Å²) < 4.78 is 27.8. The molecular formula is C43H88NO4P. The molecule has 1 aliphatic rings. The van der Waals surface area contributed by atoms with Gasteiger partial charge in [0.05, 0.1) is 26.0 Å². The zero-order valence-electron chi connectivity index (χ0n) is 33.8. The summed E-state index contributed by atoms with van der Waals surface area (Å²) in [5.74, 6) is 0.946. The average Bonchev–Trinajstić information content (AvgIpc) is 3.12. The van der Waals surface area contributed by atoms with Crippen molar-refractivity contribution in [1.29, 1.82) is 0 Å². The van der Waals surface area contributed by atoms with E-state index in [4.69, 9.17) is 9.05 Å². The first kappa shape index (κ1) is 47.1. The summed E-state index contributed by atoms with van der Waals surface area (Å²) in [5, 5.41) is 9.84. The molecule has 2 atom stereocenters. The molecular weight excluding hydrogens is 625 g/mol. The second-order valence-corrected chi connectivity index (χ2v) is 18.1. The molecule has 2 unspecified atom stereocenters. The third-order valence-corrected chi connectivity index (χ3v) is 13.2. The number of aliphatic hydroxyl groups excluding tert-OH is 1. The Bertz CT molecular complexity index is 691. The highest BCUT2D eigenvalue weighted by Gasteiger charge is 2.29. The minimum atomic E-state index is -3.23. The molecule has 0 saturated heterocycles. The van der Waals surface area contributed by atoms with Gasteiger partial charge in [-0.25, -0.2) is 0 Å². The third kappa shape index (κ3) is 26.5. The van der Waals surface area contributed by atoms with Crippen LogP contribution in [0.4, 0.5) is 0 Å². The van der Waals surface area contributed by atoms with Gasteiger partial charge in [-0.15, -0.1) is 0 Å². The van der Waals surface area contributed by atoms with Crippen LogP contribution in [0.3, 0.4) is 0 Å². The zero-order valence-corrected chi connectivity index (χ0v) is 34.6. The van der Waals surface area contributed by atoms with E-state index in [0.717, 1.165) is 13.0 Å². The van der Waals surface area contributed by atoms with E-state index in [1.807, 2.05) is 0 Å². The van der Waals surface area contributed by atoms with Crippen molar-refractivity contribution in [2.75, 3.05) is 39.1 Å². The molecule has 0 aromatic rings. The SMILES string of the molecule is CCCCCCCCC(CCCCCC)COP(=O)(CCCN(CCO)C1CCCCC1)OCC(CCCCCC)CCCCCCCC. The molecule has 294 valence electrons. The Labute approximate surface area is 307 Å². The van der Waals surface area contributed by atoms with Gasteiger partial charge in [0, 0.05) is 12.6 Å². The first-order valence-corrected chi connectivity index (χ1v) is 24.0. The van der Waals surface area contributed by atoms with Crippen molar-refractivity contribution in [2.24, 2.45) is 11.8 Å². The van der Waals surface area contributed by atoms with Crippen molar-refractivity contribution in [3.63, 3.8) is 0 Å². The first-order chi connectivity index (χ1) is 24.0. The predicted octanol–water partition coefficient (Wildman–Crippen LogP) is 13.9. The van der Waals surface area contributed by atoms with Gasteiger partial charge in [0.1, 0.15) is 0 Å². The molecule has 0 aromatic heterocycles. The lowest BCUT2D eigenvalue weighted by Crippen LogP contribution is -2.39. The normalized spacial score (nSPS) is 16.7. The molecule has 5 nitrogen and oxygen atoms in total. The van der Waals surface area contributed by atoms with E-state index in [-0.39, 0.29) is 6.61 Å². The summed E-state index contributed by atoms with van der Waals surface area (Å²) in [6, 6.07) is 0.553. The Morgan fingerprint density at radius 2 is 0.939 bits per heavy atom. The molecule has 1 N–H and O–H groups in total. The van der Waals surface area contributed by atoms with Gasteiger partial charge >= 0.3 is 7.60 Å². The van der Waals surface area contributed by atoms with Gasteiger partial charge in [-0.1, -0.05) is 175 Å². The minimum absolute atomic E-state index is 0.192. The van der Waals surface area contributed by atoms with Gasteiger partial charge in [-0.3, -0.25) is 9.46 Å². The van der Waals surface area contributed by atoms with Crippen LogP contribution in [0.5, 0.6) is 0 Å². The molecule has 0 aliphatic heterocycles. The van der Waals surface area contributed by atoms with Crippen LogP contribution in [0.25, 0.3) is 0 Å². The zero-order chi connectivity index (χ0) is 35.7. The van der Waals surface area contributed by atoms with Gasteiger partial charge in [-0.2, -0.15) is 0 Å². The topological polar surface area (TPSA) is 59.0 Å². The van der Waals surface area contributed by atoms with Gasteiger partial charge < -0.3 is 14.2 Å². The molecule has 1 saturated carbocycles. The number of rotatable bonds is 37. The van der Waals surface area contributed by atoms with Crippen LogP contribution in [-0.4, -0.2) is 55.1 Å². The van der Waals surface area contributed by atoms with E-state index < -0.39 is 7.60 Å². The van der Waals surface area contributed by atoms with Crippen molar-refractivity contribution < 1.29 is 18.7 Å².